The molecule has 116 valence electrons. The number of oxime groups is 1. The van der Waals surface area contributed by atoms with E-state index in [2.05, 4.69) is 19.0 Å². The van der Waals surface area contributed by atoms with E-state index < -0.39 is 10.4 Å². The standard InChI is InChI=1S/C13H12ClN3O4S.K/c14-9-4-3-8-10(16-21-22(18,19)20)5-6-17-12(8)11(9)15-13(17)7-1-2-7;/h3-4,7H,1-2,5-6H2,(H,18,19,20);/q;+1/p-1/b16-10-;. The first-order valence-electron chi connectivity index (χ1n) is 6.84. The second-order valence-corrected chi connectivity index (χ2v) is 6.83. The second kappa shape index (κ2) is 6.38. The van der Waals surface area contributed by atoms with Crippen molar-refractivity contribution in [2.75, 3.05) is 0 Å². The van der Waals surface area contributed by atoms with Gasteiger partial charge < -0.3 is 9.12 Å². The van der Waals surface area contributed by atoms with Crippen molar-refractivity contribution in [2.24, 2.45) is 5.16 Å². The predicted molar refractivity (Wildman–Crippen MR) is 78.7 cm³/mol. The van der Waals surface area contributed by atoms with Gasteiger partial charge in [0.1, 0.15) is 11.3 Å². The van der Waals surface area contributed by atoms with Crippen LogP contribution in [-0.4, -0.2) is 28.2 Å². The molecule has 23 heavy (non-hydrogen) atoms. The van der Waals surface area contributed by atoms with Gasteiger partial charge in [0.05, 0.1) is 16.3 Å². The first-order valence-corrected chi connectivity index (χ1v) is 8.55. The summed E-state index contributed by atoms with van der Waals surface area (Å²) in [5, 5.41) is 4.05. The normalized spacial score (nSPS) is 19.0. The Balaban J connectivity index is 0.00000156. The van der Waals surface area contributed by atoms with E-state index in [4.69, 9.17) is 11.6 Å². The third-order valence-corrected chi connectivity index (χ3v) is 4.50. The van der Waals surface area contributed by atoms with Crippen molar-refractivity contribution < 1.29 is 68.6 Å². The van der Waals surface area contributed by atoms with Gasteiger partial charge in [0.25, 0.3) is 10.4 Å². The van der Waals surface area contributed by atoms with Crippen molar-refractivity contribution in [3.8, 4) is 0 Å². The van der Waals surface area contributed by atoms with E-state index >= 15 is 0 Å². The average Bonchev–Trinajstić information content (AvgIpc) is 3.22. The molecule has 1 fully saturated rings. The maximum absolute atomic E-state index is 10.6. The van der Waals surface area contributed by atoms with Crippen LogP contribution in [0.3, 0.4) is 0 Å². The van der Waals surface area contributed by atoms with E-state index in [9.17, 15) is 13.0 Å². The van der Waals surface area contributed by atoms with Crippen LogP contribution < -0.4 is 51.4 Å². The minimum Gasteiger partial charge on any atom is -0.714 e. The zero-order valence-corrected chi connectivity index (χ0v) is 17.0. The minimum atomic E-state index is -4.86. The Labute approximate surface area is 180 Å². The Kier molecular flexibility index (Phi) is 4.94. The zero-order chi connectivity index (χ0) is 15.5. The topological polar surface area (TPSA) is 96.6 Å². The number of hydrogen-bond acceptors (Lipinski definition) is 6. The van der Waals surface area contributed by atoms with Gasteiger partial charge in [-0.3, -0.25) is 4.28 Å². The monoisotopic (exact) mass is 379 g/mol. The van der Waals surface area contributed by atoms with Crippen LogP contribution in [0.5, 0.6) is 0 Å². The average molecular weight is 380 g/mol. The van der Waals surface area contributed by atoms with E-state index in [1.54, 1.807) is 12.1 Å². The molecular formula is C13H11ClKN3O4S. The van der Waals surface area contributed by atoms with Gasteiger partial charge in [-0.2, -0.15) is 8.42 Å². The molecule has 0 bridgehead atoms. The van der Waals surface area contributed by atoms with Gasteiger partial charge in [0, 0.05) is 24.4 Å². The second-order valence-electron chi connectivity index (χ2n) is 5.46. The third kappa shape index (κ3) is 3.38. The number of hydrogen-bond donors (Lipinski definition) is 0. The smallest absolute Gasteiger partial charge is 0.714 e. The Bertz CT molecular complexity index is 921. The largest absolute Gasteiger partial charge is 1.00 e. The molecule has 0 radical (unpaired) electrons. The van der Waals surface area contributed by atoms with Gasteiger partial charge in [-0.1, -0.05) is 16.8 Å². The Hall–Kier alpha value is -0.00364. The molecule has 2 aromatic rings. The molecule has 7 nitrogen and oxygen atoms in total. The van der Waals surface area contributed by atoms with E-state index in [0.717, 1.165) is 24.2 Å². The molecule has 2 heterocycles. The van der Waals surface area contributed by atoms with Crippen LogP contribution in [0.15, 0.2) is 17.3 Å². The SMILES string of the molecule is O=S(=O)([O-])O/N=C1/CCn2c(C3CC3)nc3c(Cl)ccc1c32.[K+]. The van der Waals surface area contributed by atoms with Crippen LogP contribution in [0.4, 0.5) is 0 Å². The van der Waals surface area contributed by atoms with E-state index in [1.807, 2.05) is 0 Å². The van der Waals surface area contributed by atoms with Gasteiger partial charge in [0.15, 0.2) is 0 Å². The van der Waals surface area contributed by atoms with Crippen molar-refractivity contribution >= 4 is 38.7 Å². The molecule has 1 aromatic heterocycles. The molecule has 1 aliphatic heterocycles. The van der Waals surface area contributed by atoms with E-state index in [0.29, 0.717) is 40.7 Å². The van der Waals surface area contributed by atoms with Crippen LogP contribution >= 0.6 is 11.6 Å². The first kappa shape index (κ1) is 17.8. The van der Waals surface area contributed by atoms with Crippen LogP contribution in [0.1, 0.15) is 36.6 Å². The molecule has 0 atom stereocenters. The zero-order valence-electron chi connectivity index (χ0n) is 12.3. The summed E-state index contributed by atoms with van der Waals surface area (Å²) in [6.07, 6.45) is 2.71. The summed E-state index contributed by atoms with van der Waals surface area (Å²) in [4.78, 5) is 4.64. The number of halogens is 1. The summed E-state index contributed by atoms with van der Waals surface area (Å²) >= 11 is 6.23. The molecule has 2 aliphatic rings. The number of imidazole rings is 1. The molecule has 4 rings (SSSR count). The van der Waals surface area contributed by atoms with Gasteiger partial charge >= 0.3 is 51.4 Å². The molecule has 0 unspecified atom stereocenters. The quantitative estimate of drug-likeness (QED) is 0.300. The summed E-state index contributed by atoms with van der Waals surface area (Å²) in [5.74, 6) is 1.48. The maximum atomic E-state index is 10.6. The summed E-state index contributed by atoms with van der Waals surface area (Å²) in [7, 11) is -4.86. The van der Waals surface area contributed by atoms with Gasteiger partial charge in [0.2, 0.25) is 0 Å². The molecule has 0 spiro atoms. The van der Waals surface area contributed by atoms with Crippen molar-refractivity contribution in [1.29, 1.82) is 0 Å². The van der Waals surface area contributed by atoms with E-state index in [-0.39, 0.29) is 51.4 Å². The summed E-state index contributed by atoms with van der Waals surface area (Å²) < 4.78 is 37.9. The minimum absolute atomic E-state index is 0. The molecule has 1 aliphatic carbocycles. The van der Waals surface area contributed by atoms with Gasteiger partial charge in [-0.25, -0.2) is 4.98 Å². The van der Waals surface area contributed by atoms with E-state index in [1.165, 1.54) is 0 Å². The molecule has 0 saturated heterocycles. The fraction of sp³-hybridized carbons (Fsp3) is 0.385. The van der Waals surface area contributed by atoms with Gasteiger partial charge in [-0.15, -0.1) is 0 Å². The summed E-state index contributed by atoms with van der Waals surface area (Å²) in [5.41, 5.74) is 2.62. The molecule has 1 saturated carbocycles. The van der Waals surface area contributed by atoms with Crippen molar-refractivity contribution in [1.82, 2.24) is 9.55 Å². The van der Waals surface area contributed by atoms with Crippen molar-refractivity contribution in [2.45, 2.75) is 31.7 Å². The van der Waals surface area contributed by atoms with Crippen molar-refractivity contribution in [3.05, 3.63) is 28.5 Å². The first-order chi connectivity index (χ1) is 10.4. The fourth-order valence-electron chi connectivity index (χ4n) is 2.87. The number of nitrogens with zero attached hydrogens (tertiary/aromatic N) is 3. The Morgan fingerprint density at radius 2 is 2.13 bits per heavy atom. The number of benzene rings is 1. The van der Waals surface area contributed by atoms with Crippen LogP contribution in [0, 0.1) is 0 Å². The van der Waals surface area contributed by atoms with Gasteiger partial charge in [-0.05, 0) is 25.0 Å². The molecule has 1 aromatic carbocycles. The predicted octanol–water partition coefficient (Wildman–Crippen LogP) is -0.844. The number of rotatable bonds is 3. The van der Waals surface area contributed by atoms with Crippen LogP contribution in [0.2, 0.25) is 5.02 Å². The van der Waals surface area contributed by atoms with Crippen LogP contribution in [0.25, 0.3) is 11.0 Å². The molecular weight excluding hydrogens is 369 g/mol. The summed E-state index contributed by atoms with van der Waals surface area (Å²) in [6.45, 7) is 0.608. The number of aromatic nitrogens is 2. The Morgan fingerprint density at radius 3 is 2.78 bits per heavy atom. The van der Waals surface area contributed by atoms with Crippen LogP contribution in [-0.2, 0) is 21.2 Å². The molecule has 10 heteroatoms. The Morgan fingerprint density at radius 1 is 1.39 bits per heavy atom. The van der Waals surface area contributed by atoms with Crippen molar-refractivity contribution in [3.63, 3.8) is 0 Å². The maximum Gasteiger partial charge on any atom is 1.00 e. The molecule has 0 amide bonds. The third-order valence-electron chi connectivity index (χ3n) is 3.94. The number of aryl methyl sites for hydroxylation is 1. The fourth-order valence-corrected chi connectivity index (χ4v) is 3.25. The molecule has 0 N–H and O–H groups in total. The summed E-state index contributed by atoms with van der Waals surface area (Å²) in [6, 6.07) is 3.44.